The van der Waals surface area contributed by atoms with Gasteiger partial charge in [0, 0.05) is 6.42 Å². The van der Waals surface area contributed by atoms with E-state index in [0.29, 0.717) is 6.42 Å². The number of aliphatic carboxylic acids is 1. The summed E-state index contributed by atoms with van der Waals surface area (Å²) in [4.78, 5) is 10.5. The van der Waals surface area contributed by atoms with E-state index < -0.39 is 5.97 Å². The summed E-state index contributed by atoms with van der Waals surface area (Å²) < 4.78 is 0. The number of carboxylic acids is 1. The van der Waals surface area contributed by atoms with Crippen LogP contribution in [0.3, 0.4) is 0 Å². The molecule has 2 heteroatoms. The van der Waals surface area contributed by atoms with Gasteiger partial charge in [-0.05, 0) is 58.5 Å². The lowest BCUT2D eigenvalue weighted by Crippen LogP contribution is -1.93. The quantitative estimate of drug-likeness (QED) is 0.291. The van der Waals surface area contributed by atoms with Crippen LogP contribution < -0.4 is 0 Å². The minimum atomic E-state index is -0.670. The zero-order valence-electron chi connectivity index (χ0n) is 16.1. The van der Waals surface area contributed by atoms with Crippen molar-refractivity contribution in [3.63, 3.8) is 0 Å². The summed E-state index contributed by atoms with van der Waals surface area (Å²) in [7, 11) is 0. The Balaban J connectivity index is 1.43. The molecule has 0 aliphatic carbocycles. The topological polar surface area (TPSA) is 37.3 Å². The SMILES string of the molecule is O=C(O)CCCCCCCCCCc1cccc2cc3ccccc3cc12. The lowest BCUT2D eigenvalue weighted by atomic mass is 9.96. The Hall–Kier alpha value is -2.35. The average molecular weight is 363 g/mol. The van der Waals surface area contributed by atoms with Crippen molar-refractivity contribution in [2.24, 2.45) is 0 Å². The van der Waals surface area contributed by atoms with Crippen molar-refractivity contribution in [3.05, 3.63) is 60.2 Å². The van der Waals surface area contributed by atoms with Crippen LogP contribution in [-0.4, -0.2) is 11.1 Å². The van der Waals surface area contributed by atoms with E-state index >= 15 is 0 Å². The first kappa shape index (κ1) is 19.4. The minimum absolute atomic E-state index is 0.320. The Labute approximate surface area is 162 Å². The zero-order valence-corrected chi connectivity index (χ0v) is 16.1. The average Bonchev–Trinajstić information content (AvgIpc) is 2.67. The van der Waals surface area contributed by atoms with Crippen LogP contribution in [0.4, 0.5) is 0 Å². The molecule has 0 unspecified atom stereocenters. The van der Waals surface area contributed by atoms with E-state index in [1.165, 1.54) is 65.6 Å². The Kier molecular flexibility index (Phi) is 7.27. The molecule has 0 fully saturated rings. The van der Waals surface area contributed by atoms with Gasteiger partial charge in [-0.2, -0.15) is 0 Å². The predicted molar refractivity (Wildman–Crippen MR) is 114 cm³/mol. The molecule has 0 saturated carbocycles. The fourth-order valence-electron chi connectivity index (χ4n) is 3.90. The summed E-state index contributed by atoms with van der Waals surface area (Å²) >= 11 is 0. The molecule has 0 aromatic heterocycles. The molecular formula is C25H30O2. The number of hydrogen-bond donors (Lipinski definition) is 1. The van der Waals surface area contributed by atoms with Crippen LogP contribution in [0, 0.1) is 0 Å². The fraction of sp³-hybridized carbons (Fsp3) is 0.400. The molecule has 3 aromatic rings. The van der Waals surface area contributed by atoms with Gasteiger partial charge in [-0.25, -0.2) is 0 Å². The van der Waals surface area contributed by atoms with Gasteiger partial charge in [0.2, 0.25) is 0 Å². The first-order valence-electron chi connectivity index (χ1n) is 10.4. The summed E-state index contributed by atoms with van der Waals surface area (Å²) in [5.74, 6) is -0.670. The maximum Gasteiger partial charge on any atom is 0.303 e. The van der Waals surface area contributed by atoms with E-state index in [1.54, 1.807) is 0 Å². The number of carboxylic acid groups (broad SMARTS) is 1. The molecule has 0 heterocycles. The molecule has 1 N–H and O–H groups in total. The Morgan fingerprint density at radius 2 is 1.26 bits per heavy atom. The predicted octanol–water partition coefficient (Wildman–Crippen LogP) is 7.13. The van der Waals surface area contributed by atoms with Gasteiger partial charge < -0.3 is 5.11 Å². The summed E-state index contributed by atoms with van der Waals surface area (Å²) in [6, 6.07) is 19.9. The highest BCUT2D eigenvalue weighted by Crippen LogP contribution is 2.26. The molecule has 0 spiro atoms. The van der Waals surface area contributed by atoms with E-state index in [2.05, 4.69) is 54.6 Å². The van der Waals surface area contributed by atoms with Gasteiger partial charge in [-0.1, -0.05) is 81.0 Å². The van der Waals surface area contributed by atoms with Crippen LogP contribution >= 0.6 is 0 Å². The van der Waals surface area contributed by atoms with Crippen LogP contribution in [0.15, 0.2) is 54.6 Å². The minimum Gasteiger partial charge on any atom is -0.481 e. The normalized spacial score (nSPS) is 11.3. The molecule has 0 aliphatic rings. The van der Waals surface area contributed by atoms with E-state index in [4.69, 9.17) is 5.11 Å². The standard InChI is InChI=1S/C25H30O2/c26-25(27)17-8-6-4-2-1-3-5-7-12-20-15-11-16-23-18-21-13-9-10-14-22(21)19-24(20)23/h9-11,13-16,18-19H,1-8,12,17H2,(H,26,27). The molecule has 0 bridgehead atoms. The van der Waals surface area contributed by atoms with Crippen molar-refractivity contribution in [1.82, 2.24) is 0 Å². The molecule has 0 radical (unpaired) electrons. The fourth-order valence-corrected chi connectivity index (χ4v) is 3.90. The van der Waals surface area contributed by atoms with E-state index in [0.717, 1.165) is 19.3 Å². The molecule has 3 rings (SSSR count). The van der Waals surface area contributed by atoms with Crippen LogP contribution in [-0.2, 0) is 11.2 Å². The Morgan fingerprint density at radius 3 is 1.96 bits per heavy atom. The van der Waals surface area contributed by atoms with Gasteiger partial charge in [0.05, 0.1) is 0 Å². The number of benzene rings is 3. The van der Waals surface area contributed by atoms with Crippen molar-refractivity contribution in [3.8, 4) is 0 Å². The summed E-state index contributed by atoms with van der Waals surface area (Å²) in [6.07, 6.45) is 10.8. The maximum absolute atomic E-state index is 10.5. The smallest absolute Gasteiger partial charge is 0.303 e. The van der Waals surface area contributed by atoms with Crippen LogP contribution in [0.5, 0.6) is 0 Å². The lowest BCUT2D eigenvalue weighted by molar-refractivity contribution is -0.137. The monoisotopic (exact) mass is 362 g/mol. The number of hydrogen-bond acceptors (Lipinski definition) is 1. The number of unbranched alkanes of at least 4 members (excludes halogenated alkanes) is 7. The summed E-state index contributed by atoms with van der Waals surface area (Å²) in [6.45, 7) is 0. The number of aryl methyl sites for hydroxylation is 1. The third-order valence-corrected chi connectivity index (χ3v) is 5.42. The van der Waals surface area contributed by atoms with E-state index in [1.807, 2.05) is 0 Å². The lowest BCUT2D eigenvalue weighted by Gasteiger charge is -2.09. The molecule has 0 amide bonds. The van der Waals surface area contributed by atoms with Crippen molar-refractivity contribution in [2.75, 3.05) is 0 Å². The summed E-state index contributed by atoms with van der Waals surface area (Å²) in [5, 5.41) is 14.0. The number of carbonyl (C=O) groups is 1. The number of rotatable bonds is 11. The molecule has 2 nitrogen and oxygen atoms in total. The molecular weight excluding hydrogens is 332 g/mol. The van der Waals surface area contributed by atoms with Crippen molar-refractivity contribution < 1.29 is 9.90 Å². The molecule has 0 saturated heterocycles. The second kappa shape index (κ2) is 10.1. The van der Waals surface area contributed by atoms with Crippen molar-refractivity contribution >= 4 is 27.5 Å². The zero-order chi connectivity index (χ0) is 18.9. The van der Waals surface area contributed by atoms with Gasteiger partial charge >= 0.3 is 5.97 Å². The van der Waals surface area contributed by atoms with Gasteiger partial charge in [0.1, 0.15) is 0 Å². The van der Waals surface area contributed by atoms with Gasteiger partial charge in [-0.3, -0.25) is 4.79 Å². The van der Waals surface area contributed by atoms with E-state index in [-0.39, 0.29) is 0 Å². The van der Waals surface area contributed by atoms with Gasteiger partial charge in [-0.15, -0.1) is 0 Å². The van der Waals surface area contributed by atoms with Gasteiger partial charge in [0.15, 0.2) is 0 Å². The molecule has 0 atom stereocenters. The maximum atomic E-state index is 10.5. The second-order valence-electron chi connectivity index (χ2n) is 7.56. The highest BCUT2D eigenvalue weighted by molar-refractivity contribution is 5.99. The third kappa shape index (κ3) is 5.82. The highest BCUT2D eigenvalue weighted by atomic mass is 16.4. The van der Waals surface area contributed by atoms with Crippen LogP contribution in [0.25, 0.3) is 21.5 Å². The molecule has 27 heavy (non-hydrogen) atoms. The highest BCUT2D eigenvalue weighted by Gasteiger charge is 2.03. The van der Waals surface area contributed by atoms with E-state index in [9.17, 15) is 4.79 Å². The molecule has 3 aromatic carbocycles. The van der Waals surface area contributed by atoms with Crippen LogP contribution in [0.1, 0.15) is 63.4 Å². The van der Waals surface area contributed by atoms with Gasteiger partial charge in [0.25, 0.3) is 0 Å². The third-order valence-electron chi connectivity index (χ3n) is 5.42. The first-order chi connectivity index (χ1) is 13.2. The van der Waals surface area contributed by atoms with Crippen LogP contribution in [0.2, 0.25) is 0 Å². The largest absolute Gasteiger partial charge is 0.481 e. The van der Waals surface area contributed by atoms with Crippen molar-refractivity contribution in [1.29, 1.82) is 0 Å². The first-order valence-corrected chi connectivity index (χ1v) is 10.4. The summed E-state index contributed by atoms with van der Waals surface area (Å²) in [5.41, 5.74) is 1.46. The molecule has 142 valence electrons. The second-order valence-corrected chi connectivity index (χ2v) is 7.56. The molecule has 0 aliphatic heterocycles. The Bertz CT molecular complexity index is 882. The Morgan fingerprint density at radius 1 is 0.667 bits per heavy atom. The van der Waals surface area contributed by atoms with Crippen molar-refractivity contribution in [2.45, 2.75) is 64.2 Å². The number of fused-ring (bicyclic) bond motifs is 2.